The number of carbonyl (C=O) groups excluding carboxylic acids is 1. The van der Waals surface area contributed by atoms with Crippen LogP contribution in [0.2, 0.25) is 0 Å². The number of nitrogens with zero attached hydrogens (tertiary/aromatic N) is 1. The van der Waals surface area contributed by atoms with Crippen LogP contribution in [0.4, 0.5) is 0 Å². The van der Waals surface area contributed by atoms with E-state index in [1.807, 2.05) is 26.0 Å². The molecule has 1 aromatic rings. The van der Waals surface area contributed by atoms with Crippen molar-refractivity contribution in [2.24, 2.45) is 0 Å². The van der Waals surface area contributed by atoms with Gasteiger partial charge in [0.15, 0.2) is 0 Å². The lowest BCUT2D eigenvalue weighted by Gasteiger charge is -2.39. The molecule has 0 unspecified atom stereocenters. The van der Waals surface area contributed by atoms with Crippen LogP contribution in [-0.2, 0) is 0 Å². The Kier molecular flexibility index (Phi) is 5.63. The first-order valence-electron chi connectivity index (χ1n) is 8.47. The van der Waals surface area contributed by atoms with Gasteiger partial charge in [-0.2, -0.15) is 0 Å². The minimum Gasteiger partial charge on any atom is -0.350 e. The first kappa shape index (κ1) is 17.0. The first-order chi connectivity index (χ1) is 10.4. The molecular formula is C19H30N2O. The summed E-state index contributed by atoms with van der Waals surface area (Å²) in [4.78, 5) is 14.9. The van der Waals surface area contributed by atoms with Crippen molar-refractivity contribution in [1.82, 2.24) is 10.2 Å². The molecule has 1 fully saturated rings. The Hall–Kier alpha value is -1.35. The van der Waals surface area contributed by atoms with Crippen molar-refractivity contribution in [3.8, 4) is 0 Å². The standard InChI is InChI=1S/C19H30N2O/c1-15-9-10-16(2)17(13-15)18(22)20-14-19(21(3)4)11-7-5-6-8-12-19/h9-10,13H,5-8,11-12,14H2,1-4H3,(H,20,22). The number of hydrogen-bond acceptors (Lipinski definition) is 2. The van der Waals surface area contributed by atoms with Crippen molar-refractivity contribution < 1.29 is 4.79 Å². The molecule has 0 aliphatic heterocycles. The second kappa shape index (κ2) is 7.28. The molecule has 22 heavy (non-hydrogen) atoms. The Morgan fingerprint density at radius 1 is 1.14 bits per heavy atom. The van der Waals surface area contributed by atoms with Crippen molar-refractivity contribution in [3.63, 3.8) is 0 Å². The van der Waals surface area contributed by atoms with Crippen molar-refractivity contribution in [2.45, 2.75) is 57.9 Å². The van der Waals surface area contributed by atoms with Crippen LogP contribution in [0.1, 0.15) is 60.0 Å². The second-order valence-corrected chi connectivity index (χ2v) is 7.03. The molecule has 1 aromatic carbocycles. The van der Waals surface area contributed by atoms with Gasteiger partial charge in [-0.1, -0.05) is 43.4 Å². The van der Waals surface area contributed by atoms with Crippen LogP contribution < -0.4 is 5.32 Å². The van der Waals surface area contributed by atoms with Crippen molar-refractivity contribution in [2.75, 3.05) is 20.6 Å². The van der Waals surface area contributed by atoms with Gasteiger partial charge in [0, 0.05) is 17.6 Å². The van der Waals surface area contributed by atoms with Crippen LogP contribution >= 0.6 is 0 Å². The van der Waals surface area contributed by atoms with E-state index in [-0.39, 0.29) is 11.4 Å². The van der Waals surface area contributed by atoms with E-state index in [1.165, 1.54) is 38.5 Å². The zero-order valence-corrected chi connectivity index (χ0v) is 14.5. The highest BCUT2D eigenvalue weighted by atomic mass is 16.1. The van der Waals surface area contributed by atoms with Gasteiger partial charge in [0.1, 0.15) is 0 Å². The molecule has 122 valence electrons. The average Bonchev–Trinajstić information content (AvgIpc) is 2.74. The summed E-state index contributed by atoms with van der Waals surface area (Å²) in [6.45, 7) is 4.77. The molecule has 1 aliphatic rings. The van der Waals surface area contributed by atoms with E-state index >= 15 is 0 Å². The van der Waals surface area contributed by atoms with E-state index in [0.29, 0.717) is 0 Å². The minimum absolute atomic E-state index is 0.0617. The van der Waals surface area contributed by atoms with E-state index in [0.717, 1.165) is 23.2 Å². The molecule has 1 aliphatic carbocycles. The Morgan fingerprint density at radius 2 is 1.77 bits per heavy atom. The molecule has 0 bridgehead atoms. The summed E-state index contributed by atoms with van der Waals surface area (Å²) in [5.41, 5.74) is 3.10. The quantitative estimate of drug-likeness (QED) is 0.860. The first-order valence-corrected chi connectivity index (χ1v) is 8.47. The number of aryl methyl sites for hydroxylation is 2. The Bertz CT molecular complexity index is 514. The molecule has 1 N–H and O–H groups in total. The van der Waals surface area contributed by atoms with Gasteiger partial charge in [-0.05, 0) is 52.4 Å². The molecule has 3 heteroatoms. The number of hydrogen-bond donors (Lipinski definition) is 1. The van der Waals surface area contributed by atoms with Crippen molar-refractivity contribution in [3.05, 3.63) is 34.9 Å². The molecule has 2 rings (SSSR count). The number of rotatable bonds is 4. The summed E-state index contributed by atoms with van der Waals surface area (Å²) in [6, 6.07) is 6.07. The number of nitrogens with one attached hydrogen (secondary N) is 1. The Labute approximate surface area is 135 Å². The molecule has 0 saturated heterocycles. The fourth-order valence-electron chi connectivity index (χ4n) is 3.49. The third-order valence-electron chi connectivity index (χ3n) is 5.20. The van der Waals surface area contributed by atoms with Gasteiger partial charge in [0.2, 0.25) is 0 Å². The van der Waals surface area contributed by atoms with Crippen LogP contribution in [0.15, 0.2) is 18.2 Å². The maximum Gasteiger partial charge on any atom is 0.251 e. The van der Waals surface area contributed by atoms with E-state index < -0.39 is 0 Å². The van der Waals surface area contributed by atoms with Gasteiger partial charge >= 0.3 is 0 Å². The number of amides is 1. The fraction of sp³-hybridized carbons (Fsp3) is 0.632. The van der Waals surface area contributed by atoms with Gasteiger partial charge in [0.05, 0.1) is 0 Å². The van der Waals surface area contributed by atoms with Crippen LogP contribution in [0, 0.1) is 13.8 Å². The highest BCUT2D eigenvalue weighted by Gasteiger charge is 2.33. The topological polar surface area (TPSA) is 32.3 Å². The number of benzene rings is 1. The van der Waals surface area contributed by atoms with Crippen molar-refractivity contribution >= 4 is 5.91 Å². The van der Waals surface area contributed by atoms with Gasteiger partial charge in [-0.3, -0.25) is 4.79 Å². The lowest BCUT2D eigenvalue weighted by atomic mass is 9.88. The van der Waals surface area contributed by atoms with Gasteiger partial charge < -0.3 is 10.2 Å². The third kappa shape index (κ3) is 3.89. The van der Waals surface area contributed by atoms with Crippen molar-refractivity contribution in [1.29, 1.82) is 0 Å². The van der Waals surface area contributed by atoms with Gasteiger partial charge in [-0.25, -0.2) is 0 Å². The Balaban J connectivity index is 2.08. The molecule has 0 atom stereocenters. The molecule has 0 heterocycles. The maximum atomic E-state index is 12.6. The molecular weight excluding hydrogens is 272 g/mol. The van der Waals surface area contributed by atoms with Gasteiger partial charge in [-0.15, -0.1) is 0 Å². The summed E-state index contributed by atoms with van der Waals surface area (Å²) in [6.07, 6.45) is 7.51. The van der Waals surface area contributed by atoms with Crippen LogP contribution in [0.25, 0.3) is 0 Å². The average molecular weight is 302 g/mol. The number of likely N-dealkylation sites (N-methyl/N-ethyl adjacent to an activating group) is 1. The van der Waals surface area contributed by atoms with E-state index in [2.05, 4.69) is 30.4 Å². The molecule has 0 aromatic heterocycles. The van der Waals surface area contributed by atoms with E-state index in [1.54, 1.807) is 0 Å². The lowest BCUT2D eigenvalue weighted by Crippen LogP contribution is -2.52. The Morgan fingerprint density at radius 3 is 2.36 bits per heavy atom. The SMILES string of the molecule is Cc1ccc(C)c(C(=O)NCC2(N(C)C)CCCCCC2)c1. The largest absolute Gasteiger partial charge is 0.350 e. The second-order valence-electron chi connectivity index (χ2n) is 7.03. The molecule has 3 nitrogen and oxygen atoms in total. The molecule has 1 amide bonds. The monoisotopic (exact) mass is 302 g/mol. The maximum absolute atomic E-state index is 12.6. The van der Waals surface area contributed by atoms with Crippen LogP contribution in [0.3, 0.4) is 0 Å². The highest BCUT2D eigenvalue weighted by molar-refractivity contribution is 5.95. The summed E-state index contributed by atoms with van der Waals surface area (Å²) in [5.74, 6) is 0.0617. The normalized spacial score (nSPS) is 18.0. The minimum atomic E-state index is 0.0617. The molecule has 1 saturated carbocycles. The van der Waals surface area contributed by atoms with E-state index in [9.17, 15) is 4.79 Å². The fourth-order valence-corrected chi connectivity index (χ4v) is 3.49. The smallest absolute Gasteiger partial charge is 0.251 e. The predicted octanol–water partition coefficient (Wildman–Crippen LogP) is 3.69. The summed E-state index contributed by atoms with van der Waals surface area (Å²) >= 11 is 0. The predicted molar refractivity (Wildman–Crippen MR) is 92.4 cm³/mol. The number of carbonyl (C=O) groups is 1. The van der Waals surface area contributed by atoms with E-state index in [4.69, 9.17) is 0 Å². The highest BCUT2D eigenvalue weighted by Crippen LogP contribution is 2.30. The van der Waals surface area contributed by atoms with Gasteiger partial charge in [0.25, 0.3) is 5.91 Å². The third-order valence-corrected chi connectivity index (χ3v) is 5.20. The summed E-state index contributed by atoms with van der Waals surface area (Å²) in [5, 5.41) is 3.21. The summed E-state index contributed by atoms with van der Waals surface area (Å²) in [7, 11) is 4.30. The molecule has 0 spiro atoms. The lowest BCUT2D eigenvalue weighted by molar-refractivity contribution is 0.0868. The summed E-state index contributed by atoms with van der Waals surface area (Å²) < 4.78 is 0. The molecule has 0 radical (unpaired) electrons. The zero-order chi connectivity index (χ0) is 16.2. The zero-order valence-electron chi connectivity index (χ0n) is 14.5. The van der Waals surface area contributed by atoms with Crippen LogP contribution in [-0.4, -0.2) is 37.0 Å². The van der Waals surface area contributed by atoms with Crippen LogP contribution in [0.5, 0.6) is 0 Å².